The number of piperidine rings is 1. The Bertz CT molecular complexity index is 1090. The van der Waals surface area contributed by atoms with Gasteiger partial charge in [0.1, 0.15) is 4.88 Å². The van der Waals surface area contributed by atoms with Gasteiger partial charge in [0.2, 0.25) is 0 Å². The summed E-state index contributed by atoms with van der Waals surface area (Å²) in [6.07, 6.45) is 3.77. The summed E-state index contributed by atoms with van der Waals surface area (Å²) in [4.78, 5) is 28.6. The molecule has 142 valence electrons. The molecule has 5 nitrogen and oxygen atoms in total. The molecule has 1 aromatic heterocycles. The molecule has 1 aliphatic heterocycles. The number of carbonyl (C=O) groups excluding carboxylic acids is 2. The molecule has 0 bridgehead atoms. The van der Waals surface area contributed by atoms with E-state index in [2.05, 4.69) is 33.9 Å². The van der Waals surface area contributed by atoms with Crippen molar-refractivity contribution in [3.8, 4) is 0 Å². The van der Waals surface area contributed by atoms with E-state index in [4.69, 9.17) is 0 Å². The topological polar surface area (TPSA) is 63.2 Å². The van der Waals surface area contributed by atoms with Crippen LogP contribution in [-0.4, -0.2) is 39.3 Å². The highest BCUT2D eigenvalue weighted by Gasteiger charge is 2.32. The molecular formula is C22H21N3O2S. The van der Waals surface area contributed by atoms with E-state index >= 15 is 0 Å². The maximum absolute atomic E-state index is 13.4. The Morgan fingerprint density at radius 3 is 2.75 bits per heavy atom. The molecule has 0 spiro atoms. The average Bonchev–Trinajstić information content (AvgIpc) is 3.35. The third-order valence-electron chi connectivity index (χ3n) is 6.07. The molecule has 1 fully saturated rings. The van der Waals surface area contributed by atoms with Crippen LogP contribution in [0.3, 0.4) is 0 Å². The Morgan fingerprint density at radius 1 is 1.14 bits per heavy atom. The lowest BCUT2D eigenvalue weighted by Crippen LogP contribution is -2.42. The first-order chi connectivity index (χ1) is 13.6. The minimum absolute atomic E-state index is 0.0505. The van der Waals surface area contributed by atoms with E-state index < -0.39 is 0 Å². The van der Waals surface area contributed by atoms with Crippen molar-refractivity contribution in [2.45, 2.75) is 32.6 Å². The molecular weight excluding hydrogens is 370 g/mol. The van der Waals surface area contributed by atoms with Gasteiger partial charge in [-0.1, -0.05) is 34.8 Å². The van der Waals surface area contributed by atoms with E-state index in [1.807, 2.05) is 6.07 Å². The van der Waals surface area contributed by atoms with Gasteiger partial charge in [-0.2, -0.15) is 0 Å². The number of hydrogen-bond donors (Lipinski definition) is 0. The molecule has 28 heavy (non-hydrogen) atoms. The van der Waals surface area contributed by atoms with Gasteiger partial charge in [-0.3, -0.25) is 9.59 Å². The van der Waals surface area contributed by atoms with E-state index in [0.717, 1.165) is 48.2 Å². The molecule has 2 aliphatic rings. The predicted molar refractivity (Wildman–Crippen MR) is 109 cm³/mol. The van der Waals surface area contributed by atoms with Crippen molar-refractivity contribution in [2.75, 3.05) is 13.1 Å². The first kappa shape index (κ1) is 17.5. The van der Waals surface area contributed by atoms with Crippen molar-refractivity contribution in [3.63, 3.8) is 0 Å². The van der Waals surface area contributed by atoms with E-state index in [9.17, 15) is 9.59 Å². The molecule has 1 atom stereocenters. The van der Waals surface area contributed by atoms with Crippen molar-refractivity contribution >= 4 is 34.0 Å². The van der Waals surface area contributed by atoms with Crippen LogP contribution in [-0.2, 0) is 12.8 Å². The minimum atomic E-state index is -0.155. The van der Waals surface area contributed by atoms with Gasteiger partial charge in [0.25, 0.3) is 5.91 Å². The number of benzene rings is 2. The van der Waals surface area contributed by atoms with Crippen LogP contribution in [0, 0.1) is 12.8 Å². The summed E-state index contributed by atoms with van der Waals surface area (Å²) < 4.78 is 3.87. The number of carbonyl (C=O) groups is 2. The average molecular weight is 391 g/mol. The number of nitrogens with zero attached hydrogens (tertiary/aromatic N) is 3. The Kier molecular flexibility index (Phi) is 4.23. The highest BCUT2D eigenvalue weighted by Crippen LogP contribution is 2.34. The number of likely N-dealkylation sites (tertiary alicyclic amines) is 1. The fourth-order valence-electron chi connectivity index (χ4n) is 4.63. The zero-order valence-corrected chi connectivity index (χ0v) is 16.6. The molecule has 0 unspecified atom stereocenters. The van der Waals surface area contributed by atoms with E-state index in [1.165, 1.54) is 16.5 Å². The van der Waals surface area contributed by atoms with Crippen LogP contribution in [0.2, 0.25) is 0 Å². The van der Waals surface area contributed by atoms with Crippen LogP contribution >= 0.6 is 11.5 Å². The van der Waals surface area contributed by atoms with Crippen LogP contribution in [0.1, 0.15) is 49.7 Å². The van der Waals surface area contributed by atoms with Gasteiger partial charge >= 0.3 is 0 Å². The number of rotatable bonds is 3. The lowest BCUT2D eigenvalue weighted by Gasteiger charge is -2.32. The number of Topliss-reactive ketones (excluding diaryl/α,β-unsaturated/α-hetero) is 1. The van der Waals surface area contributed by atoms with E-state index in [-0.39, 0.29) is 17.6 Å². The van der Waals surface area contributed by atoms with Crippen LogP contribution in [0.4, 0.5) is 0 Å². The molecule has 1 saturated heterocycles. The molecule has 6 heteroatoms. The maximum atomic E-state index is 13.4. The Labute approximate surface area is 167 Å². The highest BCUT2D eigenvalue weighted by atomic mass is 32.1. The van der Waals surface area contributed by atoms with Gasteiger partial charge in [-0.15, -0.1) is 5.10 Å². The zero-order valence-electron chi connectivity index (χ0n) is 15.8. The molecule has 2 aromatic carbocycles. The summed E-state index contributed by atoms with van der Waals surface area (Å²) in [6, 6.07) is 10.4. The van der Waals surface area contributed by atoms with Crippen LogP contribution in [0.25, 0.3) is 10.8 Å². The van der Waals surface area contributed by atoms with Crippen LogP contribution in [0.15, 0.2) is 30.3 Å². The van der Waals surface area contributed by atoms with Gasteiger partial charge in [0.05, 0.1) is 5.69 Å². The van der Waals surface area contributed by atoms with Crippen molar-refractivity contribution < 1.29 is 9.59 Å². The van der Waals surface area contributed by atoms with E-state index in [0.29, 0.717) is 23.7 Å². The molecule has 1 amide bonds. The standard InChI is InChI=1S/C22H21N3O2S/c1-13-21(28-24-23-13)22(27)25-11-3-5-16(12-25)20(26)18-10-9-15-8-7-14-4-2-6-17(18)19(14)15/h2,4,6,9-10,16H,3,5,7-8,11-12H2,1H3/t16-/m0/s1. The second-order valence-corrected chi connectivity index (χ2v) is 8.51. The monoisotopic (exact) mass is 391 g/mol. The Balaban J connectivity index is 1.44. The molecule has 0 radical (unpaired) electrons. The lowest BCUT2D eigenvalue weighted by molar-refractivity contribution is 0.0641. The van der Waals surface area contributed by atoms with Gasteiger partial charge in [0.15, 0.2) is 5.78 Å². The minimum Gasteiger partial charge on any atom is -0.337 e. The zero-order chi connectivity index (χ0) is 19.3. The van der Waals surface area contributed by atoms with Gasteiger partial charge in [-0.25, -0.2) is 0 Å². The fraction of sp³-hybridized carbons (Fsp3) is 0.364. The van der Waals surface area contributed by atoms with Gasteiger partial charge in [-0.05, 0) is 66.0 Å². The first-order valence-electron chi connectivity index (χ1n) is 9.79. The first-order valence-corrected chi connectivity index (χ1v) is 10.6. The number of ketones is 1. The van der Waals surface area contributed by atoms with Crippen molar-refractivity contribution in [1.29, 1.82) is 0 Å². The largest absolute Gasteiger partial charge is 0.337 e. The van der Waals surface area contributed by atoms with Gasteiger partial charge < -0.3 is 4.90 Å². The van der Waals surface area contributed by atoms with Crippen LogP contribution in [0.5, 0.6) is 0 Å². The summed E-state index contributed by atoms with van der Waals surface area (Å²) in [7, 11) is 0. The highest BCUT2D eigenvalue weighted by molar-refractivity contribution is 7.07. The summed E-state index contributed by atoms with van der Waals surface area (Å²) in [5.74, 6) is -0.0463. The predicted octanol–water partition coefficient (Wildman–Crippen LogP) is 3.83. The van der Waals surface area contributed by atoms with Crippen molar-refractivity contribution in [3.05, 3.63) is 57.6 Å². The van der Waals surface area contributed by atoms with Gasteiger partial charge in [0, 0.05) is 24.6 Å². The SMILES string of the molecule is Cc1nnsc1C(=O)N1CCC[C@H](C(=O)c2ccc3c4c(cccc24)CC3)C1. The molecule has 2 heterocycles. The van der Waals surface area contributed by atoms with Crippen molar-refractivity contribution in [2.24, 2.45) is 5.92 Å². The molecule has 5 rings (SSSR count). The third kappa shape index (κ3) is 2.75. The molecule has 0 saturated carbocycles. The molecule has 0 N–H and O–H groups in total. The number of aryl methyl sites for hydroxylation is 3. The summed E-state index contributed by atoms with van der Waals surface area (Å²) in [5.41, 5.74) is 4.15. The Hall–Kier alpha value is -2.60. The maximum Gasteiger partial charge on any atom is 0.267 e. The third-order valence-corrected chi connectivity index (χ3v) is 6.88. The smallest absolute Gasteiger partial charge is 0.267 e. The van der Waals surface area contributed by atoms with Crippen LogP contribution < -0.4 is 0 Å². The number of amides is 1. The number of hydrogen-bond acceptors (Lipinski definition) is 5. The summed E-state index contributed by atoms with van der Waals surface area (Å²) in [6.45, 7) is 2.96. The normalized spacial score (nSPS) is 18.6. The fourth-order valence-corrected chi connectivity index (χ4v) is 5.25. The second-order valence-electron chi connectivity index (χ2n) is 7.75. The quantitative estimate of drug-likeness (QED) is 0.637. The number of aromatic nitrogens is 2. The summed E-state index contributed by atoms with van der Waals surface area (Å²) in [5, 5.41) is 6.28. The lowest BCUT2D eigenvalue weighted by atomic mass is 9.87. The summed E-state index contributed by atoms with van der Waals surface area (Å²) >= 11 is 1.13. The molecule has 3 aromatic rings. The van der Waals surface area contributed by atoms with E-state index in [1.54, 1.807) is 11.8 Å². The van der Waals surface area contributed by atoms with Crippen molar-refractivity contribution in [1.82, 2.24) is 14.5 Å². The second kappa shape index (κ2) is 6.78. The molecule has 1 aliphatic carbocycles. The Morgan fingerprint density at radius 2 is 1.96 bits per heavy atom.